The first-order valence-electron chi connectivity index (χ1n) is 5.95. The van der Waals surface area contributed by atoms with E-state index < -0.39 is 0 Å². The molecular weight excluding hydrogens is 188 g/mol. The fourth-order valence-corrected chi connectivity index (χ4v) is 1.64. The molecule has 0 aromatic carbocycles. The molecule has 0 spiro atoms. The van der Waals surface area contributed by atoms with Crippen LogP contribution in [0.3, 0.4) is 0 Å². The zero-order chi connectivity index (χ0) is 11.5. The van der Waals surface area contributed by atoms with Gasteiger partial charge >= 0.3 is 0 Å². The van der Waals surface area contributed by atoms with Crippen molar-refractivity contribution < 1.29 is 4.79 Å². The third-order valence-corrected chi connectivity index (χ3v) is 3.49. The molecule has 0 heterocycles. The van der Waals surface area contributed by atoms with Crippen molar-refractivity contribution in [3.63, 3.8) is 0 Å². The van der Waals surface area contributed by atoms with Gasteiger partial charge in [-0.2, -0.15) is 0 Å². The minimum atomic E-state index is 0.123. The number of carbonyl (C=O) groups is 1. The van der Waals surface area contributed by atoms with Crippen LogP contribution in [0, 0.1) is 11.3 Å². The van der Waals surface area contributed by atoms with Crippen molar-refractivity contribution in [1.82, 2.24) is 10.6 Å². The Labute approximate surface area is 93.0 Å². The van der Waals surface area contributed by atoms with Gasteiger partial charge < -0.3 is 10.6 Å². The van der Waals surface area contributed by atoms with Gasteiger partial charge in [-0.25, -0.2) is 0 Å². The van der Waals surface area contributed by atoms with Gasteiger partial charge in [-0.15, -0.1) is 0 Å². The van der Waals surface area contributed by atoms with Gasteiger partial charge in [-0.3, -0.25) is 4.79 Å². The second kappa shape index (κ2) is 4.97. The minimum Gasteiger partial charge on any atom is -0.355 e. The van der Waals surface area contributed by atoms with E-state index in [0.29, 0.717) is 23.9 Å². The zero-order valence-corrected chi connectivity index (χ0v) is 10.4. The Morgan fingerprint density at radius 1 is 1.53 bits per heavy atom. The molecule has 1 aliphatic carbocycles. The Kier molecular flexibility index (Phi) is 4.14. The molecule has 1 aliphatic rings. The lowest BCUT2D eigenvalue weighted by Gasteiger charge is -2.11. The number of nitrogens with one attached hydrogen (secondary N) is 2. The lowest BCUT2D eigenvalue weighted by Crippen LogP contribution is -2.38. The van der Waals surface area contributed by atoms with Gasteiger partial charge in [0.1, 0.15) is 0 Å². The Morgan fingerprint density at radius 3 is 2.60 bits per heavy atom. The van der Waals surface area contributed by atoms with E-state index in [-0.39, 0.29) is 5.91 Å². The third kappa shape index (κ3) is 4.20. The van der Waals surface area contributed by atoms with Gasteiger partial charge in [0.05, 0.1) is 6.54 Å². The van der Waals surface area contributed by atoms with Crippen LogP contribution in [0.15, 0.2) is 0 Å². The summed E-state index contributed by atoms with van der Waals surface area (Å²) in [5.41, 5.74) is 0.456. The first-order chi connectivity index (χ1) is 6.95. The summed E-state index contributed by atoms with van der Waals surface area (Å²) in [5, 5.41) is 6.16. The summed E-state index contributed by atoms with van der Waals surface area (Å²) in [7, 11) is 0. The van der Waals surface area contributed by atoms with Crippen LogP contribution in [0.2, 0.25) is 0 Å². The van der Waals surface area contributed by atoms with Crippen LogP contribution in [0.25, 0.3) is 0 Å². The van der Waals surface area contributed by atoms with E-state index in [9.17, 15) is 4.79 Å². The van der Waals surface area contributed by atoms with E-state index in [1.54, 1.807) is 0 Å². The quantitative estimate of drug-likeness (QED) is 0.701. The van der Waals surface area contributed by atoms with Crippen LogP contribution < -0.4 is 10.6 Å². The molecule has 1 amide bonds. The molecule has 3 nitrogen and oxygen atoms in total. The van der Waals surface area contributed by atoms with E-state index in [2.05, 4.69) is 38.3 Å². The highest BCUT2D eigenvalue weighted by Crippen LogP contribution is 2.50. The maximum absolute atomic E-state index is 11.4. The Balaban J connectivity index is 2.04. The number of amides is 1. The van der Waals surface area contributed by atoms with Gasteiger partial charge in [0.2, 0.25) is 5.91 Å². The summed E-state index contributed by atoms with van der Waals surface area (Å²) >= 11 is 0. The van der Waals surface area contributed by atoms with E-state index in [0.717, 1.165) is 13.0 Å². The van der Waals surface area contributed by atoms with E-state index >= 15 is 0 Å². The number of rotatable bonds is 6. The highest BCUT2D eigenvalue weighted by atomic mass is 16.1. The van der Waals surface area contributed by atoms with Crippen molar-refractivity contribution in [2.45, 2.75) is 46.6 Å². The lowest BCUT2D eigenvalue weighted by molar-refractivity contribution is -0.120. The highest BCUT2D eigenvalue weighted by Gasteiger charge is 2.45. The van der Waals surface area contributed by atoms with Gasteiger partial charge in [0.25, 0.3) is 0 Å². The summed E-state index contributed by atoms with van der Waals surface area (Å²) in [6, 6.07) is 0.424. The molecule has 1 fully saturated rings. The number of carbonyl (C=O) groups excluding carboxylic acids is 1. The predicted molar refractivity (Wildman–Crippen MR) is 62.7 cm³/mol. The van der Waals surface area contributed by atoms with Crippen molar-refractivity contribution in [3.05, 3.63) is 0 Å². The number of hydrogen-bond donors (Lipinski definition) is 2. The smallest absolute Gasteiger partial charge is 0.233 e. The maximum atomic E-state index is 11.4. The van der Waals surface area contributed by atoms with Crippen molar-refractivity contribution in [1.29, 1.82) is 0 Å². The fourth-order valence-electron chi connectivity index (χ4n) is 1.64. The standard InChI is InChI=1S/C12H24N2O/c1-5-9(2)13-8-11(15)14-7-10-6-12(10,3)4/h9-10,13H,5-8H2,1-4H3,(H,14,15). The topological polar surface area (TPSA) is 41.1 Å². The van der Waals surface area contributed by atoms with Gasteiger partial charge in [-0.05, 0) is 31.1 Å². The van der Waals surface area contributed by atoms with Crippen LogP contribution in [0.1, 0.15) is 40.5 Å². The van der Waals surface area contributed by atoms with Crippen LogP contribution in [0.5, 0.6) is 0 Å². The molecule has 2 N–H and O–H groups in total. The van der Waals surface area contributed by atoms with E-state index in [1.165, 1.54) is 6.42 Å². The SMILES string of the molecule is CCC(C)NCC(=O)NCC1CC1(C)C. The van der Waals surface area contributed by atoms with Crippen LogP contribution in [-0.2, 0) is 4.79 Å². The Hall–Kier alpha value is -0.570. The molecule has 1 saturated carbocycles. The summed E-state index contributed by atoms with van der Waals surface area (Å²) < 4.78 is 0. The van der Waals surface area contributed by atoms with Crippen LogP contribution in [0.4, 0.5) is 0 Å². The summed E-state index contributed by atoms with van der Waals surface area (Å²) in [4.78, 5) is 11.4. The molecule has 0 bridgehead atoms. The first-order valence-corrected chi connectivity index (χ1v) is 5.95. The van der Waals surface area contributed by atoms with Crippen LogP contribution >= 0.6 is 0 Å². The molecule has 2 unspecified atom stereocenters. The average molecular weight is 212 g/mol. The molecule has 88 valence electrons. The van der Waals surface area contributed by atoms with Crippen molar-refractivity contribution in [2.24, 2.45) is 11.3 Å². The molecule has 0 aliphatic heterocycles. The van der Waals surface area contributed by atoms with Gasteiger partial charge in [0.15, 0.2) is 0 Å². The van der Waals surface area contributed by atoms with Gasteiger partial charge in [-0.1, -0.05) is 20.8 Å². The molecule has 15 heavy (non-hydrogen) atoms. The molecule has 0 radical (unpaired) electrons. The minimum absolute atomic E-state index is 0.123. The summed E-state index contributed by atoms with van der Waals surface area (Å²) in [5.74, 6) is 0.808. The molecule has 2 atom stereocenters. The van der Waals surface area contributed by atoms with E-state index in [4.69, 9.17) is 0 Å². The molecule has 1 rings (SSSR count). The zero-order valence-electron chi connectivity index (χ0n) is 10.4. The summed E-state index contributed by atoms with van der Waals surface area (Å²) in [6.07, 6.45) is 2.30. The maximum Gasteiger partial charge on any atom is 0.233 e. The van der Waals surface area contributed by atoms with Crippen molar-refractivity contribution in [3.8, 4) is 0 Å². The Morgan fingerprint density at radius 2 is 2.13 bits per heavy atom. The predicted octanol–water partition coefficient (Wildman–Crippen LogP) is 1.54. The first kappa shape index (κ1) is 12.5. The lowest BCUT2D eigenvalue weighted by atomic mass is 10.1. The fraction of sp³-hybridized carbons (Fsp3) is 0.917. The average Bonchev–Trinajstić information content (AvgIpc) is 2.79. The third-order valence-electron chi connectivity index (χ3n) is 3.49. The van der Waals surface area contributed by atoms with Crippen molar-refractivity contribution >= 4 is 5.91 Å². The van der Waals surface area contributed by atoms with Crippen molar-refractivity contribution in [2.75, 3.05) is 13.1 Å². The molecule has 0 aromatic heterocycles. The summed E-state index contributed by atoms with van der Waals surface area (Å²) in [6.45, 7) is 10.00. The molecule has 0 aromatic rings. The second-order valence-corrected chi connectivity index (χ2v) is 5.38. The number of hydrogen-bond acceptors (Lipinski definition) is 2. The second-order valence-electron chi connectivity index (χ2n) is 5.38. The molecule has 3 heteroatoms. The molecular formula is C12H24N2O. The Bertz CT molecular complexity index is 226. The van der Waals surface area contributed by atoms with E-state index in [1.807, 2.05) is 0 Å². The largest absolute Gasteiger partial charge is 0.355 e. The highest BCUT2D eigenvalue weighted by molar-refractivity contribution is 5.78. The van der Waals surface area contributed by atoms with Gasteiger partial charge in [0, 0.05) is 12.6 Å². The van der Waals surface area contributed by atoms with Crippen LogP contribution in [-0.4, -0.2) is 25.0 Å². The normalized spacial score (nSPS) is 24.7. The monoisotopic (exact) mass is 212 g/mol. The molecule has 0 saturated heterocycles.